The number of hydrogen-bond acceptors (Lipinski definition) is 1. The Kier molecular flexibility index (Phi) is 5.24. The first-order valence-electron chi connectivity index (χ1n) is 6.44. The fourth-order valence-electron chi connectivity index (χ4n) is 1.63. The number of benzene rings is 2. The van der Waals surface area contributed by atoms with Crippen LogP contribution in [0.15, 0.2) is 60.7 Å². The van der Waals surface area contributed by atoms with Gasteiger partial charge in [0.1, 0.15) is 0 Å². The summed E-state index contributed by atoms with van der Waals surface area (Å²) in [7, 11) is 0. The van der Waals surface area contributed by atoms with Gasteiger partial charge in [0.05, 0.1) is 6.54 Å². The van der Waals surface area contributed by atoms with Gasteiger partial charge in [-0.3, -0.25) is 0 Å². The van der Waals surface area contributed by atoms with Gasteiger partial charge in [-0.25, -0.2) is 4.79 Å². The van der Waals surface area contributed by atoms with Crippen LogP contribution in [-0.4, -0.2) is 12.6 Å². The van der Waals surface area contributed by atoms with E-state index in [2.05, 4.69) is 22.5 Å². The van der Waals surface area contributed by atoms with E-state index in [4.69, 9.17) is 0 Å². The third kappa shape index (κ3) is 4.87. The molecule has 0 saturated carbocycles. The second-order valence-electron chi connectivity index (χ2n) is 4.19. The third-order valence-electron chi connectivity index (χ3n) is 2.64. The molecule has 2 aromatic carbocycles. The summed E-state index contributed by atoms with van der Waals surface area (Å²) in [4.78, 5) is 11.5. The predicted octanol–water partition coefficient (Wildman–Crippen LogP) is 2.54. The van der Waals surface area contributed by atoms with Gasteiger partial charge in [-0.15, -0.1) is 0 Å². The van der Waals surface area contributed by atoms with Crippen LogP contribution >= 0.6 is 0 Å². The first-order chi connectivity index (χ1) is 9.84. The molecule has 3 heteroatoms. The summed E-state index contributed by atoms with van der Waals surface area (Å²) in [5.74, 6) is 5.89. The summed E-state index contributed by atoms with van der Waals surface area (Å²) < 4.78 is 0. The minimum absolute atomic E-state index is 0.212. The molecule has 0 fully saturated rings. The normalized spacial score (nSPS) is 9.20. The molecule has 0 aromatic heterocycles. The van der Waals surface area contributed by atoms with Crippen LogP contribution in [0, 0.1) is 11.8 Å². The molecule has 0 spiro atoms. The fourth-order valence-corrected chi connectivity index (χ4v) is 1.63. The Balaban J connectivity index is 1.70. The van der Waals surface area contributed by atoms with Crippen molar-refractivity contribution in [2.24, 2.45) is 0 Å². The smallest absolute Gasteiger partial charge is 0.315 e. The molecule has 2 amide bonds. The monoisotopic (exact) mass is 264 g/mol. The second kappa shape index (κ2) is 7.65. The zero-order valence-electron chi connectivity index (χ0n) is 11.1. The fraction of sp³-hybridized carbons (Fsp3) is 0.118. The highest BCUT2D eigenvalue weighted by molar-refractivity contribution is 5.74. The van der Waals surface area contributed by atoms with E-state index < -0.39 is 0 Å². The molecule has 2 aromatic rings. The van der Waals surface area contributed by atoms with Crippen LogP contribution in [0.2, 0.25) is 0 Å². The molecule has 2 rings (SSSR count). The van der Waals surface area contributed by atoms with Crippen LogP contribution in [-0.2, 0) is 6.54 Å². The number of nitrogens with one attached hydrogen (secondary N) is 2. The maximum Gasteiger partial charge on any atom is 0.315 e. The molecular weight excluding hydrogens is 248 g/mol. The van der Waals surface area contributed by atoms with E-state index in [0.29, 0.717) is 13.1 Å². The van der Waals surface area contributed by atoms with E-state index in [1.807, 2.05) is 60.7 Å². The Hall–Kier alpha value is -2.73. The van der Waals surface area contributed by atoms with Gasteiger partial charge in [0.15, 0.2) is 0 Å². The van der Waals surface area contributed by atoms with Crippen molar-refractivity contribution in [1.29, 1.82) is 0 Å². The Bertz CT molecular complexity index is 597. The maximum absolute atomic E-state index is 11.5. The molecule has 0 saturated heterocycles. The highest BCUT2D eigenvalue weighted by atomic mass is 16.2. The van der Waals surface area contributed by atoms with Crippen LogP contribution in [0.1, 0.15) is 11.1 Å². The third-order valence-corrected chi connectivity index (χ3v) is 2.64. The van der Waals surface area contributed by atoms with Gasteiger partial charge in [0.2, 0.25) is 0 Å². The summed E-state index contributed by atoms with van der Waals surface area (Å²) in [5.41, 5.74) is 2.01. The Morgan fingerprint density at radius 3 is 2.25 bits per heavy atom. The van der Waals surface area contributed by atoms with Crippen molar-refractivity contribution >= 4 is 6.03 Å². The van der Waals surface area contributed by atoms with E-state index in [0.717, 1.165) is 11.1 Å². The predicted molar refractivity (Wildman–Crippen MR) is 80.0 cm³/mol. The van der Waals surface area contributed by atoms with Crippen molar-refractivity contribution in [3.8, 4) is 11.8 Å². The van der Waals surface area contributed by atoms with E-state index >= 15 is 0 Å². The lowest BCUT2D eigenvalue weighted by Gasteiger charge is -2.04. The van der Waals surface area contributed by atoms with Gasteiger partial charge in [-0.2, -0.15) is 0 Å². The largest absolute Gasteiger partial charge is 0.334 e. The lowest BCUT2D eigenvalue weighted by molar-refractivity contribution is 0.241. The quantitative estimate of drug-likeness (QED) is 0.822. The van der Waals surface area contributed by atoms with Crippen molar-refractivity contribution in [3.05, 3.63) is 71.8 Å². The molecule has 0 unspecified atom stereocenters. The maximum atomic E-state index is 11.5. The second-order valence-corrected chi connectivity index (χ2v) is 4.19. The van der Waals surface area contributed by atoms with E-state index in [1.165, 1.54) is 0 Å². The highest BCUT2D eigenvalue weighted by Crippen LogP contribution is 1.96. The molecule has 20 heavy (non-hydrogen) atoms. The molecule has 0 aliphatic carbocycles. The van der Waals surface area contributed by atoms with E-state index in [1.54, 1.807) is 0 Å². The Labute approximate surface area is 119 Å². The zero-order chi connectivity index (χ0) is 14.0. The molecule has 0 heterocycles. The average Bonchev–Trinajstić information content (AvgIpc) is 2.52. The summed E-state index contributed by atoms with van der Waals surface area (Å²) >= 11 is 0. The summed E-state index contributed by atoms with van der Waals surface area (Å²) in [6, 6.07) is 19.2. The summed E-state index contributed by atoms with van der Waals surface area (Å²) in [6.45, 7) is 0.842. The topological polar surface area (TPSA) is 41.1 Å². The van der Waals surface area contributed by atoms with Gasteiger partial charge in [0.25, 0.3) is 0 Å². The molecule has 2 N–H and O–H groups in total. The molecule has 3 nitrogen and oxygen atoms in total. The Morgan fingerprint density at radius 2 is 1.55 bits per heavy atom. The molecule has 100 valence electrons. The van der Waals surface area contributed by atoms with Crippen LogP contribution in [0.25, 0.3) is 0 Å². The standard InChI is InChI=1S/C17H16N2O/c20-17(19-14-16-10-5-2-6-11-16)18-13-7-12-15-8-3-1-4-9-15/h1-6,8-11H,13-14H2,(H2,18,19,20). The van der Waals surface area contributed by atoms with Gasteiger partial charge >= 0.3 is 6.03 Å². The molecule has 0 aliphatic heterocycles. The van der Waals surface area contributed by atoms with Crippen molar-refractivity contribution in [2.75, 3.05) is 6.54 Å². The highest BCUT2D eigenvalue weighted by Gasteiger charge is 1.97. The first-order valence-corrected chi connectivity index (χ1v) is 6.44. The first kappa shape index (κ1) is 13.7. The Morgan fingerprint density at radius 1 is 0.900 bits per heavy atom. The SMILES string of the molecule is O=C(NCC#Cc1ccccc1)NCc1ccccc1. The summed E-state index contributed by atoms with van der Waals surface area (Å²) in [6.07, 6.45) is 0. The number of carbonyl (C=O) groups is 1. The molecular formula is C17H16N2O. The van der Waals surface area contributed by atoms with Gasteiger partial charge in [0, 0.05) is 12.1 Å². The average molecular weight is 264 g/mol. The number of carbonyl (C=O) groups excluding carboxylic acids is 1. The number of hydrogen-bond donors (Lipinski definition) is 2. The minimum atomic E-state index is -0.212. The molecule has 0 bridgehead atoms. The van der Waals surface area contributed by atoms with E-state index in [-0.39, 0.29) is 6.03 Å². The van der Waals surface area contributed by atoms with Crippen LogP contribution < -0.4 is 10.6 Å². The van der Waals surface area contributed by atoms with E-state index in [9.17, 15) is 4.79 Å². The van der Waals surface area contributed by atoms with Gasteiger partial charge in [-0.05, 0) is 17.7 Å². The van der Waals surface area contributed by atoms with Crippen molar-refractivity contribution in [3.63, 3.8) is 0 Å². The van der Waals surface area contributed by atoms with Crippen molar-refractivity contribution in [1.82, 2.24) is 10.6 Å². The number of rotatable bonds is 3. The summed E-state index contributed by atoms with van der Waals surface area (Å²) in [5, 5.41) is 5.48. The minimum Gasteiger partial charge on any atom is -0.334 e. The zero-order valence-corrected chi connectivity index (χ0v) is 11.1. The lowest BCUT2D eigenvalue weighted by Crippen LogP contribution is -2.35. The number of urea groups is 1. The van der Waals surface area contributed by atoms with Crippen molar-refractivity contribution in [2.45, 2.75) is 6.54 Å². The van der Waals surface area contributed by atoms with Crippen molar-refractivity contribution < 1.29 is 4.79 Å². The molecule has 0 aliphatic rings. The molecule has 0 atom stereocenters. The van der Waals surface area contributed by atoms with Gasteiger partial charge in [-0.1, -0.05) is 60.4 Å². The van der Waals surface area contributed by atoms with Crippen LogP contribution in [0.4, 0.5) is 4.79 Å². The van der Waals surface area contributed by atoms with Gasteiger partial charge < -0.3 is 10.6 Å². The molecule has 0 radical (unpaired) electrons. The lowest BCUT2D eigenvalue weighted by atomic mass is 10.2. The van der Waals surface area contributed by atoms with Crippen LogP contribution in [0.5, 0.6) is 0 Å². The number of amides is 2. The van der Waals surface area contributed by atoms with Crippen LogP contribution in [0.3, 0.4) is 0 Å².